The number of thioether (sulfide) groups is 1. The molecule has 1 nitrogen and oxygen atoms in total. The van der Waals surface area contributed by atoms with E-state index < -0.39 is 0 Å². The first-order valence-electron chi connectivity index (χ1n) is 5.74. The molecule has 1 aliphatic rings. The lowest BCUT2D eigenvalue weighted by molar-refractivity contribution is 0.482. The molecule has 3 heteroatoms. The zero-order chi connectivity index (χ0) is 11.6. The Kier molecular flexibility index (Phi) is 3.83. The summed E-state index contributed by atoms with van der Waals surface area (Å²) in [5, 5.41) is 0.800. The lowest BCUT2D eigenvalue weighted by Gasteiger charge is -2.30. The van der Waals surface area contributed by atoms with Crippen molar-refractivity contribution in [1.82, 2.24) is 0 Å². The van der Waals surface area contributed by atoms with Crippen molar-refractivity contribution in [2.24, 2.45) is 5.73 Å². The van der Waals surface area contributed by atoms with Crippen LogP contribution < -0.4 is 5.73 Å². The normalized spacial score (nSPS) is 26.9. The molecule has 2 atom stereocenters. The van der Waals surface area contributed by atoms with Gasteiger partial charge < -0.3 is 5.73 Å². The van der Waals surface area contributed by atoms with Gasteiger partial charge in [0.2, 0.25) is 0 Å². The second kappa shape index (κ2) is 4.99. The van der Waals surface area contributed by atoms with Crippen molar-refractivity contribution in [3.63, 3.8) is 0 Å². The molecule has 16 heavy (non-hydrogen) atoms. The number of nitrogens with two attached hydrogens (primary N) is 1. The van der Waals surface area contributed by atoms with Crippen molar-refractivity contribution in [2.75, 3.05) is 5.75 Å². The molecule has 1 fully saturated rings. The lowest BCUT2D eigenvalue weighted by Crippen LogP contribution is -2.42. The van der Waals surface area contributed by atoms with E-state index in [1.807, 2.05) is 30.0 Å². The van der Waals surface area contributed by atoms with Crippen LogP contribution >= 0.6 is 23.4 Å². The predicted octanol–water partition coefficient (Wildman–Crippen LogP) is 3.50. The minimum atomic E-state index is 0.221. The van der Waals surface area contributed by atoms with Crippen molar-refractivity contribution < 1.29 is 0 Å². The van der Waals surface area contributed by atoms with Crippen LogP contribution in [0.5, 0.6) is 0 Å². The summed E-state index contributed by atoms with van der Waals surface area (Å²) in [4.78, 5) is 0. The van der Waals surface area contributed by atoms with Crippen LogP contribution in [0.1, 0.15) is 25.3 Å². The summed E-state index contributed by atoms with van der Waals surface area (Å²) >= 11 is 7.99. The molecule has 1 aromatic carbocycles. The molecule has 0 saturated carbocycles. The van der Waals surface area contributed by atoms with Crippen LogP contribution in [-0.2, 0) is 6.42 Å². The van der Waals surface area contributed by atoms with Gasteiger partial charge in [0.05, 0.1) is 0 Å². The fraction of sp³-hybridized carbons (Fsp3) is 0.538. The maximum Gasteiger partial charge on any atom is 0.0408 e. The molecule has 0 radical (unpaired) electrons. The van der Waals surface area contributed by atoms with E-state index in [9.17, 15) is 0 Å². The Labute approximate surface area is 107 Å². The van der Waals surface area contributed by atoms with E-state index in [0.717, 1.165) is 11.4 Å². The third-order valence-corrected chi connectivity index (χ3v) is 5.27. The zero-order valence-corrected chi connectivity index (χ0v) is 11.2. The predicted molar refractivity (Wildman–Crippen MR) is 73.2 cm³/mol. The molecule has 0 spiro atoms. The van der Waals surface area contributed by atoms with Gasteiger partial charge in [0.1, 0.15) is 0 Å². The topological polar surface area (TPSA) is 26.0 Å². The molecule has 0 aliphatic carbocycles. The third-order valence-electron chi connectivity index (χ3n) is 3.38. The summed E-state index contributed by atoms with van der Waals surface area (Å²) in [7, 11) is 0. The van der Waals surface area contributed by atoms with Gasteiger partial charge in [-0.25, -0.2) is 0 Å². The number of rotatable bonds is 3. The van der Waals surface area contributed by atoms with Gasteiger partial charge in [-0.2, -0.15) is 11.8 Å². The van der Waals surface area contributed by atoms with Crippen LogP contribution in [0.3, 0.4) is 0 Å². The van der Waals surface area contributed by atoms with Crippen molar-refractivity contribution in [1.29, 1.82) is 0 Å². The fourth-order valence-corrected chi connectivity index (χ4v) is 3.78. The van der Waals surface area contributed by atoms with Crippen molar-refractivity contribution in [2.45, 2.75) is 37.0 Å². The Balaban J connectivity index is 2.04. The summed E-state index contributed by atoms with van der Waals surface area (Å²) in [5.41, 5.74) is 7.58. The number of hydrogen-bond donors (Lipinski definition) is 1. The molecule has 88 valence electrons. The van der Waals surface area contributed by atoms with Gasteiger partial charge in [-0.15, -0.1) is 0 Å². The van der Waals surface area contributed by atoms with Gasteiger partial charge in [-0.1, -0.05) is 23.7 Å². The van der Waals surface area contributed by atoms with Crippen molar-refractivity contribution in [3.8, 4) is 0 Å². The summed E-state index contributed by atoms with van der Waals surface area (Å²) < 4.78 is 0.252. The summed E-state index contributed by atoms with van der Waals surface area (Å²) in [6, 6.07) is 8.24. The molecule has 1 heterocycles. The number of halogens is 1. The smallest absolute Gasteiger partial charge is 0.0408 e. The highest BCUT2D eigenvalue weighted by Gasteiger charge is 2.35. The van der Waals surface area contributed by atoms with Gasteiger partial charge in [0.15, 0.2) is 0 Å². The molecular weight excluding hydrogens is 238 g/mol. The quantitative estimate of drug-likeness (QED) is 0.895. The van der Waals surface area contributed by atoms with Gasteiger partial charge in [0, 0.05) is 15.8 Å². The molecule has 2 rings (SSSR count). The summed E-state index contributed by atoms with van der Waals surface area (Å²) in [6.07, 6.45) is 3.45. The largest absolute Gasteiger partial charge is 0.326 e. The standard InChI is InChI=1S/C13H18ClNS/c1-13(6-3-7-16-13)12(15)9-10-4-2-5-11(14)8-10/h2,4-5,8,12H,3,6-7,9,15H2,1H3. The van der Waals surface area contributed by atoms with E-state index in [0.29, 0.717) is 0 Å². The number of benzene rings is 1. The fourth-order valence-electron chi connectivity index (χ4n) is 2.23. The van der Waals surface area contributed by atoms with Crippen LogP contribution in [0.4, 0.5) is 0 Å². The third kappa shape index (κ3) is 2.73. The Morgan fingerprint density at radius 2 is 2.38 bits per heavy atom. The highest BCUT2D eigenvalue weighted by Crippen LogP contribution is 2.40. The van der Waals surface area contributed by atoms with E-state index in [-0.39, 0.29) is 10.8 Å². The summed E-state index contributed by atoms with van der Waals surface area (Å²) in [5.74, 6) is 1.25. The Morgan fingerprint density at radius 3 is 3.00 bits per heavy atom. The SMILES string of the molecule is CC1(C(N)Cc2cccc(Cl)c2)CCCS1. The van der Waals surface area contributed by atoms with Crippen LogP contribution in [0.2, 0.25) is 5.02 Å². The molecule has 1 aliphatic heterocycles. The molecule has 1 aromatic rings. The van der Waals surface area contributed by atoms with Gasteiger partial charge in [-0.05, 0) is 49.6 Å². The average molecular weight is 256 g/mol. The molecule has 2 N–H and O–H groups in total. The lowest BCUT2D eigenvalue weighted by atomic mass is 9.92. The average Bonchev–Trinajstić information content (AvgIpc) is 2.66. The van der Waals surface area contributed by atoms with Gasteiger partial charge >= 0.3 is 0 Å². The first-order valence-corrected chi connectivity index (χ1v) is 7.10. The van der Waals surface area contributed by atoms with E-state index in [1.165, 1.54) is 24.2 Å². The van der Waals surface area contributed by atoms with Crippen molar-refractivity contribution >= 4 is 23.4 Å². The maximum atomic E-state index is 6.33. The van der Waals surface area contributed by atoms with E-state index in [2.05, 4.69) is 13.0 Å². The Bertz CT molecular complexity index is 361. The molecular formula is C13H18ClNS. The van der Waals surface area contributed by atoms with Crippen LogP contribution in [0, 0.1) is 0 Å². The highest BCUT2D eigenvalue weighted by molar-refractivity contribution is 8.00. The molecule has 0 bridgehead atoms. The first-order chi connectivity index (χ1) is 7.60. The van der Waals surface area contributed by atoms with Crippen LogP contribution in [0.25, 0.3) is 0 Å². The van der Waals surface area contributed by atoms with Gasteiger partial charge in [-0.3, -0.25) is 0 Å². The highest BCUT2D eigenvalue weighted by atomic mass is 35.5. The van der Waals surface area contributed by atoms with E-state index in [4.69, 9.17) is 17.3 Å². The van der Waals surface area contributed by atoms with Gasteiger partial charge in [0.25, 0.3) is 0 Å². The molecule has 2 unspecified atom stereocenters. The number of hydrogen-bond acceptors (Lipinski definition) is 2. The first kappa shape index (κ1) is 12.3. The molecule has 1 saturated heterocycles. The minimum absolute atomic E-state index is 0.221. The van der Waals surface area contributed by atoms with Crippen molar-refractivity contribution in [3.05, 3.63) is 34.9 Å². The maximum absolute atomic E-state index is 6.33. The second-order valence-corrected chi connectivity index (χ2v) is 6.77. The molecule has 0 amide bonds. The minimum Gasteiger partial charge on any atom is -0.326 e. The Morgan fingerprint density at radius 1 is 1.56 bits per heavy atom. The molecule has 0 aromatic heterocycles. The summed E-state index contributed by atoms with van der Waals surface area (Å²) in [6.45, 7) is 2.29. The Hall–Kier alpha value is -0.180. The van der Waals surface area contributed by atoms with Crippen LogP contribution in [0.15, 0.2) is 24.3 Å². The zero-order valence-electron chi connectivity index (χ0n) is 9.58. The second-order valence-electron chi connectivity index (χ2n) is 4.71. The van der Waals surface area contributed by atoms with E-state index in [1.54, 1.807) is 0 Å². The van der Waals surface area contributed by atoms with Crippen LogP contribution in [-0.4, -0.2) is 16.5 Å². The monoisotopic (exact) mass is 255 g/mol. The van der Waals surface area contributed by atoms with E-state index >= 15 is 0 Å².